The highest BCUT2D eigenvalue weighted by atomic mass is 16.5. The number of amides is 1. The molecule has 0 aliphatic carbocycles. The number of carbonyl (C=O) groups excluding carboxylic acids is 1. The van der Waals surface area contributed by atoms with Gasteiger partial charge in [0.2, 0.25) is 0 Å². The monoisotopic (exact) mass is 341 g/mol. The van der Waals surface area contributed by atoms with Gasteiger partial charge in [0.15, 0.2) is 0 Å². The maximum absolute atomic E-state index is 12.2. The third-order valence-electron chi connectivity index (χ3n) is 3.67. The molecule has 4 nitrogen and oxygen atoms in total. The smallest absolute Gasteiger partial charge is 0.251 e. The van der Waals surface area contributed by atoms with Gasteiger partial charge in [0.1, 0.15) is 11.5 Å². The average molecular weight is 341 g/mol. The molecule has 0 atom stereocenters. The van der Waals surface area contributed by atoms with E-state index in [0.29, 0.717) is 18.7 Å². The first-order valence-corrected chi connectivity index (χ1v) is 8.85. The number of para-hydroxylation sites is 1. The van der Waals surface area contributed by atoms with Crippen molar-refractivity contribution in [1.82, 2.24) is 5.32 Å². The summed E-state index contributed by atoms with van der Waals surface area (Å²) in [6.45, 7) is 7.22. The highest BCUT2D eigenvalue weighted by Crippen LogP contribution is 2.19. The normalized spacial score (nSPS) is 10.6. The Balaban J connectivity index is 1.79. The fourth-order valence-electron chi connectivity index (χ4n) is 2.55. The Morgan fingerprint density at radius 2 is 1.80 bits per heavy atom. The quantitative estimate of drug-likeness (QED) is 0.694. The zero-order valence-electron chi connectivity index (χ0n) is 15.2. The summed E-state index contributed by atoms with van der Waals surface area (Å²) < 4.78 is 11.2. The molecule has 25 heavy (non-hydrogen) atoms. The molecule has 0 fully saturated rings. The van der Waals surface area contributed by atoms with Gasteiger partial charge < -0.3 is 14.8 Å². The molecular formula is C21H27NO3. The Bertz CT molecular complexity index is 665. The standard InChI is InChI=1S/C21H27NO3/c1-4-24-20-10-6-5-8-17(20)9-7-15-22-21(23)18-11-13-19(14-12-18)25-16(2)3/h5-6,8,10-14,16H,4,7,9,15H2,1-3H3,(H,22,23). The van der Waals surface area contributed by atoms with E-state index < -0.39 is 0 Å². The van der Waals surface area contributed by atoms with Crippen LogP contribution in [0.2, 0.25) is 0 Å². The fraction of sp³-hybridized carbons (Fsp3) is 0.381. The highest BCUT2D eigenvalue weighted by Gasteiger charge is 2.07. The van der Waals surface area contributed by atoms with Gasteiger partial charge in [-0.2, -0.15) is 0 Å². The van der Waals surface area contributed by atoms with Gasteiger partial charge in [-0.05, 0) is 69.5 Å². The molecule has 0 heterocycles. The summed E-state index contributed by atoms with van der Waals surface area (Å²) in [6.07, 6.45) is 1.86. The predicted octanol–water partition coefficient (Wildman–Crippen LogP) is 4.24. The molecule has 0 bridgehead atoms. The summed E-state index contributed by atoms with van der Waals surface area (Å²) in [5.41, 5.74) is 1.82. The van der Waals surface area contributed by atoms with E-state index in [4.69, 9.17) is 9.47 Å². The van der Waals surface area contributed by atoms with Gasteiger partial charge in [0.05, 0.1) is 12.7 Å². The molecule has 0 unspecified atom stereocenters. The SMILES string of the molecule is CCOc1ccccc1CCCNC(=O)c1ccc(OC(C)C)cc1. The molecule has 1 N–H and O–H groups in total. The molecule has 4 heteroatoms. The first-order valence-electron chi connectivity index (χ1n) is 8.85. The molecule has 1 amide bonds. The lowest BCUT2D eigenvalue weighted by Gasteiger charge is -2.11. The van der Waals surface area contributed by atoms with Crippen molar-refractivity contribution in [2.45, 2.75) is 39.7 Å². The fourth-order valence-corrected chi connectivity index (χ4v) is 2.55. The van der Waals surface area contributed by atoms with Crippen molar-refractivity contribution in [3.05, 3.63) is 59.7 Å². The van der Waals surface area contributed by atoms with Gasteiger partial charge in [-0.25, -0.2) is 0 Å². The van der Waals surface area contributed by atoms with E-state index in [1.165, 1.54) is 5.56 Å². The molecule has 2 rings (SSSR count). The molecule has 134 valence electrons. The molecule has 0 saturated heterocycles. The van der Waals surface area contributed by atoms with Crippen LogP contribution in [0.3, 0.4) is 0 Å². The predicted molar refractivity (Wildman–Crippen MR) is 100 cm³/mol. The lowest BCUT2D eigenvalue weighted by atomic mass is 10.1. The van der Waals surface area contributed by atoms with E-state index in [9.17, 15) is 4.79 Å². The minimum Gasteiger partial charge on any atom is -0.494 e. The molecule has 0 saturated carbocycles. The topological polar surface area (TPSA) is 47.6 Å². The number of carbonyl (C=O) groups is 1. The number of nitrogens with one attached hydrogen (secondary N) is 1. The van der Waals surface area contributed by atoms with Crippen LogP contribution in [-0.2, 0) is 6.42 Å². The summed E-state index contributed by atoms with van der Waals surface area (Å²) in [4.78, 5) is 12.2. The van der Waals surface area contributed by atoms with E-state index in [1.807, 2.05) is 51.1 Å². The van der Waals surface area contributed by atoms with Crippen LogP contribution in [-0.4, -0.2) is 25.2 Å². The number of benzene rings is 2. The molecule has 0 aliphatic rings. The van der Waals surface area contributed by atoms with Gasteiger partial charge in [-0.3, -0.25) is 4.79 Å². The Morgan fingerprint density at radius 1 is 1.08 bits per heavy atom. The Morgan fingerprint density at radius 3 is 2.48 bits per heavy atom. The summed E-state index contributed by atoms with van der Waals surface area (Å²) >= 11 is 0. The van der Waals surface area contributed by atoms with Gasteiger partial charge in [-0.1, -0.05) is 18.2 Å². The van der Waals surface area contributed by atoms with Crippen LogP contribution in [0.4, 0.5) is 0 Å². The number of hydrogen-bond acceptors (Lipinski definition) is 3. The van der Waals surface area contributed by atoms with Gasteiger partial charge in [0, 0.05) is 12.1 Å². The second kappa shape index (κ2) is 9.72. The van der Waals surface area contributed by atoms with Gasteiger partial charge in [0.25, 0.3) is 5.91 Å². The minimum absolute atomic E-state index is 0.0609. The first kappa shape index (κ1) is 18.8. The van der Waals surface area contributed by atoms with Crippen LogP contribution >= 0.6 is 0 Å². The molecule has 0 aromatic heterocycles. The van der Waals surface area contributed by atoms with Crippen LogP contribution in [0, 0.1) is 0 Å². The van der Waals surface area contributed by atoms with Crippen LogP contribution in [0.5, 0.6) is 11.5 Å². The Labute approximate surface area is 150 Å². The maximum atomic E-state index is 12.2. The maximum Gasteiger partial charge on any atom is 0.251 e. The van der Waals surface area contributed by atoms with Crippen molar-refractivity contribution >= 4 is 5.91 Å². The highest BCUT2D eigenvalue weighted by molar-refractivity contribution is 5.94. The lowest BCUT2D eigenvalue weighted by molar-refractivity contribution is 0.0953. The average Bonchev–Trinajstić information content (AvgIpc) is 2.60. The van der Waals surface area contributed by atoms with Gasteiger partial charge in [-0.15, -0.1) is 0 Å². The van der Waals surface area contributed by atoms with E-state index in [-0.39, 0.29) is 12.0 Å². The van der Waals surface area contributed by atoms with Crippen molar-refractivity contribution in [2.24, 2.45) is 0 Å². The van der Waals surface area contributed by atoms with Gasteiger partial charge >= 0.3 is 0 Å². The molecule has 0 radical (unpaired) electrons. The summed E-state index contributed by atoms with van der Waals surface area (Å²) in [6, 6.07) is 15.3. The second-order valence-corrected chi connectivity index (χ2v) is 6.09. The summed E-state index contributed by atoms with van der Waals surface area (Å²) in [5.74, 6) is 1.64. The van der Waals surface area contributed by atoms with Crippen LogP contribution < -0.4 is 14.8 Å². The van der Waals surface area contributed by atoms with Crippen LogP contribution in [0.1, 0.15) is 43.1 Å². The Hall–Kier alpha value is -2.49. The molecular weight excluding hydrogens is 314 g/mol. The summed E-state index contributed by atoms with van der Waals surface area (Å²) in [7, 11) is 0. The van der Waals surface area contributed by atoms with Crippen molar-refractivity contribution in [2.75, 3.05) is 13.2 Å². The number of hydrogen-bond donors (Lipinski definition) is 1. The van der Waals surface area contributed by atoms with Crippen molar-refractivity contribution in [3.63, 3.8) is 0 Å². The lowest BCUT2D eigenvalue weighted by Crippen LogP contribution is -2.24. The zero-order valence-corrected chi connectivity index (χ0v) is 15.2. The van der Waals surface area contributed by atoms with Crippen LogP contribution in [0.15, 0.2) is 48.5 Å². The van der Waals surface area contributed by atoms with Crippen molar-refractivity contribution in [3.8, 4) is 11.5 Å². The minimum atomic E-state index is -0.0609. The zero-order chi connectivity index (χ0) is 18.1. The van der Waals surface area contributed by atoms with Crippen molar-refractivity contribution in [1.29, 1.82) is 0 Å². The largest absolute Gasteiger partial charge is 0.494 e. The Kier molecular flexibility index (Phi) is 7.33. The number of ether oxygens (including phenoxy) is 2. The van der Waals surface area contributed by atoms with E-state index in [1.54, 1.807) is 12.1 Å². The third-order valence-corrected chi connectivity index (χ3v) is 3.67. The summed E-state index contributed by atoms with van der Waals surface area (Å²) in [5, 5.41) is 2.96. The molecule has 0 aliphatic heterocycles. The number of aryl methyl sites for hydroxylation is 1. The van der Waals surface area contributed by atoms with E-state index >= 15 is 0 Å². The van der Waals surface area contributed by atoms with E-state index in [2.05, 4.69) is 11.4 Å². The molecule has 2 aromatic rings. The first-order chi connectivity index (χ1) is 12.1. The third kappa shape index (κ3) is 6.14. The molecule has 2 aromatic carbocycles. The van der Waals surface area contributed by atoms with Crippen LogP contribution in [0.25, 0.3) is 0 Å². The molecule has 0 spiro atoms. The second-order valence-electron chi connectivity index (χ2n) is 6.09. The van der Waals surface area contributed by atoms with Crippen molar-refractivity contribution < 1.29 is 14.3 Å². The van der Waals surface area contributed by atoms with E-state index in [0.717, 1.165) is 24.3 Å². The number of rotatable bonds is 9.